The van der Waals surface area contributed by atoms with E-state index in [1.165, 1.54) is 7.11 Å². The highest BCUT2D eigenvalue weighted by atomic mass is 16.5. The van der Waals surface area contributed by atoms with Crippen molar-refractivity contribution in [1.29, 1.82) is 0 Å². The number of carbonyl (C=O) groups is 1. The van der Waals surface area contributed by atoms with Crippen molar-refractivity contribution in [1.82, 2.24) is 10.6 Å². The SMILES string of the molecule is COCC(O)CNC(=O)NC(c1oc2ccccc2c1C)C(C)C. The second-order valence-corrected chi connectivity index (χ2v) is 6.27. The van der Waals surface area contributed by atoms with Gasteiger partial charge in [0.1, 0.15) is 11.3 Å². The van der Waals surface area contributed by atoms with Crippen molar-refractivity contribution in [3.05, 3.63) is 35.6 Å². The molecule has 0 saturated carbocycles. The summed E-state index contributed by atoms with van der Waals surface area (Å²) in [6.45, 7) is 6.35. The first-order chi connectivity index (χ1) is 11.4. The number of para-hydroxylation sites is 1. The molecule has 0 spiro atoms. The van der Waals surface area contributed by atoms with Gasteiger partial charge in [-0.15, -0.1) is 0 Å². The number of urea groups is 1. The third-order valence-electron chi connectivity index (χ3n) is 3.97. The molecule has 0 fully saturated rings. The molecule has 24 heavy (non-hydrogen) atoms. The van der Waals surface area contributed by atoms with Gasteiger partial charge in [0.25, 0.3) is 0 Å². The number of fused-ring (bicyclic) bond motifs is 1. The van der Waals surface area contributed by atoms with Crippen LogP contribution in [0.3, 0.4) is 0 Å². The van der Waals surface area contributed by atoms with Gasteiger partial charge in [-0.05, 0) is 18.9 Å². The first-order valence-corrected chi connectivity index (χ1v) is 8.13. The summed E-state index contributed by atoms with van der Waals surface area (Å²) in [6, 6.07) is 7.23. The number of hydrogen-bond acceptors (Lipinski definition) is 4. The van der Waals surface area contributed by atoms with Crippen molar-refractivity contribution in [2.75, 3.05) is 20.3 Å². The largest absolute Gasteiger partial charge is 0.459 e. The first-order valence-electron chi connectivity index (χ1n) is 8.13. The van der Waals surface area contributed by atoms with Crippen LogP contribution >= 0.6 is 0 Å². The Morgan fingerprint density at radius 3 is 2.67 bits per heavy atom. The molecule has 2 atom stereocenters. The van der Waals surface area contributed by atoms with Crippen LogP contribution in [0.25, 0.3) is 11.0 Å². The molecule has 2 rings (SSSR count). The summed E-state index contributed by atoms with van der Waals surface area (Å²) in [6.07, 6.45) is -0.730. The zero-order valence-corrected chi connectivity index (χ0v) is 14.6. The van der Waals surface area contributed by atoms with Crippen LogP contribution in [-0.4, -0.2) is 37.5 Å². The van der Waals surface area contributed by atoms with Crippen LogP contribution in [0, 0.1) is 12.8 Å². The molecule has 0 radical (unpaired) electrons. The van der Waals surface area contributed by atoms with Gasteiger partial charge in [0.15, 0.2) is 0 Å². The molecule has 0 aliphatic carbocycles. The number of methoxy groups -OCH3 is 1. The molecule has 2 amide bonds. The van der Waals surface area contributed by atoms with Gasteiger partial charge >= 0.3 is 6.03 Å². The van der Waals surface area contributed by atoms with Crippen molar-refractivity contribution < 1.29 is 19.1 Å². The van der Waals surface area contributed by atoms with Gasteiger partial charge in [-0.2, -0.15) is 0 Å². The predicted octanol–water partition coefficient (Wildman–Crippen LogP) is 2.74. The number of ether oxygens (including phenoxy) is 1. The van der Waals surface area contributed by atoms with E-state index in [-0.39, 0.29) is 31.1 Å². The third-order valence-corrected chi connectivity index (χ3v) is 3.97. The molecule has 6 nitrogen and oxygen atoms in total. The molecular formula is C18H26N2O4. The maximum absolute atomic E-state index is 12.2. The van der Waals surface area contributed by atoms with Crippen molar-refractivity contribution in [3.8, 4) is 0 Å². The number of aryl methyl sites for hydroxylation is 1. The summed E-state index contributed by atoms with van der Waals surface area (Å²) in [5.74, 6) is 0.915. The summed E-state index contributed by atoms with van der Waals surface area (Å²) >= 11 is 0. The summed E-state index contributed by atoms with van der Waals surface area (Å²) < 4.78 is 10.8. The standard InChI is InChI=1S/C18H26N2O4/c1-11(2)16(20-18(22)19-9-13(21)10-23-4)17-12(3)14-7-5-6-8-15(14)24-17/h5-8,11,13,16,21H,9-10H2,1-4H3,(H2,19,20,22). The van der Waals surface area contributed by atoms with Crippen molar-refractivity contribution in [2.45, 2.75) is 32.9 Å². The van der Waals surface area contributed by atoms with E-state index in [2.05, 4.69) is 10.6 Å². The average molecular weight is 334 g/mol. The Kier molecular flexibility index (Phi) is 6.23. The molecule has 1 aromatic heterocycles. The first kappa shape index (κ1) is 18.3. The minimum Gasteiger partial charge on any atom is -0.459 e. The lowest BCUT2D eigenvalue weighted by molar-refractivity contribution is 0.0658. The summed E-state index contributed by atoms with van der Waals surface area (Å²) in [7, 11) is 1.50. The van der Waals surface area contributed by atoms with E-state index in [4.69, 9.17) is 9.15 Å². The smallest absolute Gasteiger partial charge is 0.315 e. The maximum atomic E-state index is 12.2. The Hall–Kier alpha value is -2.05. The fourth-order valence-electron chi connectivity index (χ4n) is 2.68. The molecule has 1 aromatic carbocycles. The van der Waals surface area contributed by atoms with Gasteiger partial charge in [0, 0.05) is 24.6 Å². The van der Waals surface area contributed by atoms with Crippen LogP contribution in [0.5, 0.6) is 0 Å². The second kappa shape index (κ2) is 8.17. The molecule has 0 saturated heterocycles. The molecule has 0 aliphatic heterocycles. The zero-order valence-electron chi connectivity index (χ0n) is 14.6. The van der Waals surface area contributed by atoms with Crippen LogP contribution in [0.2, 0.25) is 0 Å². The third kappa shape index (κ3) is 4.27. The van der Waals surface area contributed by atoms with Gasteiger partial charge in [-0.25, -0.2) is 4.79 Å². The highest BCUT2D eigenvalue weighted by Gasteiger charge is 2.25. The van der Waals surface area contributed by atoms with Crippen molar-refractivity contribution in [2.24, 2.45) is 5.92 Å². The number of amides is 2. The van der Waals surface area contributed by atoms with E-state index in [0.29, 0.717) is 0 Å². The Bertz CT molecular complexity index is 681. The van der Waals surface area contributed by atoms with E-state index in [0.717, 1.165) is 22.3 Å². The van der Waals surface area contributed by atoms with E-state index in [1.54, 1.807) is 0 Å². The van der Waals surface area contributed by atoms with E-state index in [1.807, 2.05) is 45.0 Å². The minimum absolute atomic E-state index is 0.129. The average Bonchev–Trinajstić information content (AvgIpc) is 2.88. The van der Waals surface area contributed by atoms with E-state index in [9.17, 15) is 9.90 Å². The van der Waals surface area contributed by atoms with Crippen molar-refractivity contribution >= 4 is 17.0 Å². The topological polar surface area (TPSA) is 83.7 Å². The number of furan rings is 1. The Morgan fingerprint density at radius 2 is 2.04 bits per heavy atom. The molecular weight excluding hydrogens is 308 g/mol. The monoisotopic (exact) mass is 334 g/mol. The van der Waals surface area contributed by atoms with E-state index >= 15 is 0 Å². The quantitative estimate of drug-likeness (QED) is 0.727. The van der Waals surface area contributed by atoms with Crippen LogP contribution < -0.4 is 10.6 Å². The second-order valence-electron chi connectivity index (χ2n) is 6.27. The number of carbonyl (C=O) groups excluding carboxylic acids is 1. The van der Waals surface area contributed by atoms with Crippen molar-refractivity contribution in [3.63, 3.8) is 0 Å². The van der Waals surface area contributed by atoms with Crippen LogP contribution in [0.15, 0.2) is 28.7 Å². The summed E-state index contributed by atoms with van der Waals surface area (Å²) in [5, 5.41) is 16.3. The highest BCUT2D eigenvalue weighted by molar-refractivity contribution is 5.82. The Morgan fingerprint density at radius 1 is 1.33 bits per heavy atom. The summed E-state index contributed by atoms with van der Waals surface area (Å²) in [5.41, 5.74) is 1.84. The van der Waals surface area contributed by atoms with Crippen LogP contribution in [0.1, 0.15) is 31.2 Å². The number of hydrogen-bond donors (Lipinski definition) is 3. The van der Waals surface area contributed by atoms with Gasteiger partial charge in [-0.1, -0.05) is 32.0 Å². The minimum atomic E-state index is -0.730. The zero-order chi connectivity index (χ0) is 17.7. The molecule has 1 heterocycles. The predicted molar refractivity (Wildman–Crippen MR) is 92.9 cm³/mol. The van der Waals surface area contributed by atoms with Crippen LogP contribution in [0.4, 0.5) is 4.79 Å². The van der Waals surface area contributed by atoms with Gasteiger partial charge < -0.3 is 24.9 Å². The Labute approximate surface area is 142 Å². The fourth-order valence-corrected chi connectivity index (χ4v) is 2.68. The number of benzene rings is 1. The molecule has 2 aromatic rings. The van der Waals surface area contributed by atoms with Gasteiger partial charge in [0.2, 0.25) is 0 Å². The number of aliphatic hydroxyl groups excluding tert-OH is 1. The number of nitrogens with one attached hydrogen (secondary N) is 2. The van der Waals surface area contributed by atoms with Crippen LogP contribution in [-0.2, 0) is 4.74 Å². The lowest BCUT2D eigenvalue weighted by atomic mass is 9.98. The molecule has 2 unspecified atom stereocenters. The van der Waals surface area contributed by atoms with Gasteiger partial charge in [-0.3, -0.25) is 0 Å². The molecule has 132 valence electrons. The highest BCUT2D eigenvalue weighted by Crippen LogP contribution is 2.32. The number of aliphatic hydroxyl groups is 1. The fraction of sp³-hybridized carbons (Fsp3) is 0.500. The molecule has 3 N–H and O–H groups in total. The molecule has 6 heteroatoms. The van der Waals surface area contributed by atoms with Gasteiger partial charge in [0.05, 0.1) is 18.8 Å². The lowest BCUT2D eigenvalue weighted by Crippen LogP contribution is -2.43. The maximum Gasteiger partial charge on any atom is 0.315 e. The van der Waals surface area contributed by atoms with E-state index < -0.39 is 6.10 Å². The number of rotatable bonds is 7. The normalized spacial score (nSPS) is 13.9. The Balaban J connectivity index is 2.11. The summed E-state index contributed by atoms with van der Waals surface area (Å²) in [4.78, 5) is 12.2. The lowest BCUT2D eigenvalue weighted by Gasteiger charge is -2.22. The molecule has 0 aliphatic rings. The molecule has 0 bridgehead atoms.